The molecule has 0 saturated heterocycles. The molecule has 0 radical (unpaired) electrons. The van der Waals surface area contributed by atoms with Crippen molar-refractivity contribution >= 4 is 16.6 Å². The number of pyridine rings is 1. The summed E-state index contributed by atoms with van der Waals surface area (Å²) in [5.74, 6) is -1.11. The smallest absolute Gasteiger partial charge is 0.175 e. The van der Waals surface area contributed by atoms with E-state index in [4.69, 9.17) is 0 Å². The van der Waals surface area contributed by atoms with E-state index >= 15 is 0 Å². The lowest BCUT2D eigenvalue weighted by molar-refractivity contribution is 0.0865. The Morgan fingerprint density at radius 3 is 2.55 bits per heavy atom. The second kappa shape index (κ2) is 4.64. The number of hydrogen-bond acceptors (Lipinski definition) is 4. The molecule has 0 spiro atoms. The molecule has 0 aliphatic heterocycles. The van der Waals surface area contributed by atoms with E-state index in [-0.39, 0.29) is 17.2 Å². The van der Waals surface area contributed by atoms with Gasteiger partial charge in [0.05, 0.1) is 17.7 Å². The number of nitrogens with zero attached hydrogens (tertiary/aromatic N) is 1. The van der Waals surface area contributed by atoms with Gasteiger partial charge in [-0.25, -0.2) is 0 Å². The fourth-order valence-corrected chi connectivity index (χ4v) is 3.13. The third-order valence-electron chi connectivity index (χ3n) is 4.24. The predicted octanol–water partition coefficient (Wildman–Crippen LogP) is 2.95. The summed E-state index contributed by atoms with van der Waals surface area (Å²) in [6.07, 6.45) is 0.635. The van der Waals surface area contributed by atoms with Gasteiger partial charge >= 0.3 is 0 Å². The highest BCUT2D eigenvalue weighted by atomic mass is 16.3. The molecule has 108 valence electrons. The van der Waals surface area contributed by atoms with Gasteiger partial charge in [-0.15, -0.1) is 0 Å². The van der Waals surface area contributed by atoms with E-state index in [2.05, 4.69) is 4.98 Å². The van der Waals surface area contributed by atoms with Crippen molar-refractivity contribution in [1.82, 2.24) is 4.98 Å². The van der Waals surface area contributed by atoms with E-state index in [1.165, 1.54) is 0 Å². The van der Waals surface area contributed by atoms with Crippen LogP contribution in [0.1, 0.15) is 33.6 Å². The molecule has 1 heterocycles. The minimum absolute atomic E-state index is 0.0386. The number of aliphatic hydroxyl groups excluding tert-OH is 1. The lowest BCUT2D eigenvalue weighted by atomic mass is 9.95. The van der Waals surface area contributed by atoms with Crippen molar-refractivity contribution in [3.8, 4) is 5.75 Å². The van der Waals surface area contributed by atoms with Crippen LogP contribution >= 0.6 is 0 Å². The average Bonchev–Trinajstić information content (AvgIpc) is 2.81. The highest BCUT2D eigenvalue weighted by Gasteiger charge is 2.41. The number of carbonyl (C=O) groups excluding carboxylic acids is 1. The first-order valence-corrected chi connectivity index (χ1v) is 7.06. The first-order chi connectivity index (χ1) is 10.7. The van der Waals surface area contributed by atoms with Crippen molar-refractivity contribution in [1.29, 1.82) is 0 Å². The summed E-state index contributed by atoms with van der Waals surface area (Å²) in [5, 5.41) is 22.4. The maximum Gasteiger partial charge on any atom is 0.175 e. The second-order valence-corrected chi connectivity index (χ2v) is 5.45. The van der Waals surface area contributed by atoms with E-state index in [1.807, 2.05) is 18.2 Å². The Morgan fingerprint density at radius 2 is 1.73 bits per heavy atom. The van der Waals surface area contributed by atoms with Crippen LogP contribution in [0.2, 0.25) is 0 Å². The summed E-state index contributed by atoms with van der Waals surface area (Å²) in [5.41, 5.74) is 1.31. The van der Waals surface area contributed by atoms with Crippen LogP contribution in [0.3, 0.4) is 0 Å². The summed E-state index contributed by atoms with van der Waals surface area (Å²) >= 11 is 0. The zero-order valence-electron chi connectivity index (χ0n) is 11.6. The second-order valence-electron chi connectivity index (χ2n) is 5.45. The van der Waals surface area contributed by atoms with Crippen LogP contribution in [-0.4, -0.2) is 21.0 Å². The molecule has 0 fully saturated rings. The van der Waals surface area contributed by atoms with Gasteiger partial charge in [0, 0.05) is 22.5 Å². The minimum Gasteiger partial charge on any atom is -0.505 e. The maximum absolute atomic E-state index is 12.6. The van der Waals surface area contributed by atoms with Gasteiger partial charge in [-0.1, -0.05) is 48.5 Å². The zero-order valence-corrected chi connectivity index (χ0v) is 11.6. The van der Waals surface area contributed by atoms with Crippen LogP contribution in [-0.2, 0) is 0 Å². The molecular weight excluding hydrogens is 278 g/mol. The minimum atomic E-state index is -0.983. The SMILES string of the molecule is O=C1c2ccccc2C(O)C1c1ncc2ccccc2c1O. The highest BCUT2D eigenvalue weighted by molar-refractivity contribution is 6.06. The number of aliphatic hydroxyl groups is 1. The number of benzene rings is 2. The molecule has 4 heteroatoms. The molecule has 2 aromatic carbocycles. The molecule has 2 atom stereocenters. The lowest BCUT2D eigenvalue weighted by Gasteiger charge is -2.15. The number of aromatic nitrogens is 1. The standard InChI is InChI=1S/C18H13NO3/c20-16-12-7-3-4-8-13(12)17(21)14(16)15-18(22)11-6-2-1-5-10(11)9-19-15/h1-9,14,16,20,22H. The number of fused-ring (bicyclic) bond motifs is 2. The number of ketones is 1. The fourth-order valence-electron chi connectivity index (χ4n) is 3.13. The molecule has 0 amide bonds. The molecule has 4 rings (SSSR count). The van der Waals surface area contributed by atoms with Crippen LogP contribution in [0.25, 0.3) is 10.8 Å². The predicted molar refractivity (Wildman–Crippen MR) is 81.9 cm³/mol. The third-order valence-corrected chi connectivity index (χ3v) is 4.24. The van der Waals surface area contributed by atoms with E-state index in [0.29, 0.717) is 16.5 Å². The Morgan fingerprint density at radius 1 is 1.00 bits per heavy atom. The van der Waals surface area contributed by atoms with Crippen LogP contribution in [0.15, 0.2) is 54.7 Å². The quantitative estimate of drug-likeness (QED) is 0.723. The van der Waals surface area contributed by atoms with Gasteiger partial charge in [-0.2, -0.15) is 0 Å². The molecule has 2 N–H and O–H groups in total. The number of hydrogen-bond donors (Lipinski definition) is 2. The molecule has 0 saturated carbocycles. The Balaban J connectivity index is 1.90. The number of Topliss-reactive ketones (excluding diaryl/α,β-unsaturated/α-hetero) is 1. The molecule has 22 heavy (non-hydrogen) atoms. The molecule has 2 unspecified atom stereocenters. The van der Waals surface area contributed by atoms with E-state index < -0.39 is 12.0 Å². The van der Waals surface area contributed by atoms with Crippen molar-refractivity contribution in [2.45, 2.75) is 12.0 Å². The molecule has 1 aliphatic carbocycles. The fraction of sp³-hybridized carbons (Fsp3) is 0.111. The lowest BCUT2D eigenvalue weighted by Crippen LogP contribution is -2.13. The largest absolute Gasteiger partial charge is 0.505 e. The summed E-state index contributed by atoms with van der Waals surface area (Å²) in [6.45, 7) is 0. The normalized spacial score (nSPS) is 20.3. The molecule has 1 aromatic heterocycles. The van der Waals surface area contributed by atoms with Crippen LogP contribution in [0.4, 0.5) is 0 Å². The molecule has 1 aliphatic rings. The highest BCUT2D eigenvalue weighted by Crippen LogP contribution is 2.45. The molecule has 0 bridgehead atoms. The summed E-state index contributed by atoms with van der Waals surface area (Å²) in [4.78, 5) is 16.8. The Hall–Kier alpha value is -2.72. The molecule has 3 aromatic rings. The van der Waals surface area contributed by atoms with E-state index in [9.17, 15) is 15.0 Å². The van der Waals surface area contributed by atoms with Gasteiger partial charge in [0.1, 0.15) is 5.75 Å². The van der Waals surface area contributed by atoms with Gasteiger partial charge in [0.25, 0.3) is 0 Å². The third kappa shape index (κ3) is 1.68. The molecular formula is C18H13NO3. The van der Waals surface area contributed by atoms with Gasteiger partial charge < -0.3 is 10.2 Å². The van der Waals surface area contributed by atoms with Gasteiger partial charge in [-0.05, 0) is 5.56 Å². The summed E-state index contributed by atoms with van der Waals surface area (Å²) in [7, 11) is 0. The van der Waals surface area contributed by atoms with Gasteiger partial charge in [-0.3, -0.25) is 9.78 Å². The maximum atomic E-state index is 12.6. The van der Waals surface area contributed by atoms with Crippen molar-refractivity contribution in [3.05, 3.63) is 71.5 Å². The van der Waals surface area contributed by atoms with Crippen LogP contribution in [0.5, 0.6) is 5.75 Å². The van der Waals surface area contributed by atoms with Crippen molar-refractivity contribution in [2.75, 3.05) is 0 Å². The van der Waals surface area contributed by atoms with Gasteiger partial charge in [0.15, 0.2) is 5.78 Å². The average molecular weight is 291 g/mol. The van der Waals surface area contributed by atoms with Crippen molar-refractivity contribution in [3.63, 3.8) is 0 Å². The van der Waals surface area contributed by atoms with Crippen molar-refractivity contribution < 1.29 is 15.0 Å². The number of carbonyl (C=O) groups is 1. The van der Waals surface area contributed by atoms with E-state index in [0.717, 1.165) is 5.39 Å². The van der Waals surface area contributed by atoms with Crippen LogP contribution < -0.4 is 0 Å². The molecule has 4 nitrogen and oxygen atoms in total. The van der Waals surface area contributed by atoms with Crippen molar-refractivity contribution in [2.24, 2.45) is 0 Å². The van der Waals surface area contributed by atoms with Gasteiger partial charge in [0.2, 0.25) is 0 Å². The Labute approximate surface area is 126 Å². The monoisotopic (exact) mass is 291 g/mol. The topological polar surface area (TPSA) is 70.4 Å². The number of rotatable bonds is 1. The zero-order chi connectivity index (χ0) is 15.3. The first-order valence-electron chi connectivity index (χ1n) is 7.06. The van der Waals surface area contributed by atoms with E-state index in [1.54, 1.807) is 36.5 Å². The first kappa shape index (κ1) is 13.0. The summed E-state index contributed by atoms with van der Waals surface area (Å²) in [6, 6.07) is 14.3. The summed E-state index contributed by atoms with van der Waals surface area (Å²) < 4.78 is 0. The Bertz CT molecular complexity index is 904. The van der Waals surface area contributed by atoms with Crippen LogP contribution in [0, 0.1) is 0 Å². The Kier molecular flexibility index (Phi) is 2.74. The number of aromatic hydroxyl groups is 1.